The maximum absolute atomic E-state index is 12.6. The number of carbonyl (C=O) groups is 2. The van der Waals surface area contributed by atoms with Crippen molar-refractivity contribution in [3.05, 3.63) is 76.8 Å². The van der Waals surface area contributed by atoms with E-state index in [9.17, 15) is 14.9 Å². The van der Waals surface area contributed by atoms with E-state index in [1.165, 1.54) is 12.1 Å². The van der Waals surface area contributed by atoms with E-state index in [0.29, 0.717) is 11.6 Å². The lowest BCUT2D eigenvalue weighted by Crippen LogP contribution is -2.41. The van der Waals surface area contributed by atoms with Crippen LogP contribution in [0.15, 0.2) is 60.7 Å². The predicted octanol–water partition coefficient (Wildman–Crippen LogP) is 4.26. The Morgan fingerprint density at radius 2 is 1.78 bits per heavy atom. The summed E-state index contributed by atoms with van der Waals surface area (Å²) in [5.74, 6) is -1.58. The van der Waals surface area contributed by atoms with Crippen molar-refractivity contribution in [3.8, 4) is 6.07 Å². The molecule has 7 heteroatoms. The number of nitrogens with zero attached hydrogens (tertiary/aromatic N) is 2. The van der Waals surface area contributed by atoms with Gasteiger partial charge in [-0.15, -0.1) is 0 Å². The lowest BCUT2D eigenvalue weighted by Gasteiger charge is -2.29. The monoisotopic (exact) mass is 446 g/mol. The lowest BCUT2D eigenvalue weighted by atomic mass is 9.97. The molecule has 0 saturated carbocycles. The molecule has 32 heavy (non-hydrogen) atoms. The molecule has 4 rings (SSSR count). The Morgan fingerprint density at radius 3 is 2.56 bits per heavy atom. The van der Waals surface area contributed by atoms with Crippen LogP contribution >= 0.6 is 11.6 Å². The highest BCUT2D eigenvalue weighted by Gasteiger charge is 2.26. The quantitative estimate of drug-likeness (QED) is 0.573. The second-order valence-electron chi connectivity index (χ2n) is 7.79. The number of nitriles is 1. The summed E-state index contributed by atoms with van der Waals surface area (Å²) in [5.41, 5.74) is 1.58. The summed E-state index contributed by atoms with van der Waals surface area (Å²) in [6, 6.07) is 20.8. The van der Waals surface area contributed by atoms with Crippen molar-refractivity contribution < 1.29 is 9.59 Å². The Labute approximate surface area is 191 Å². The zero-order valence-corrected chi connectivity index (χ0v) is 18.2. The van der Waals surface area contributed by atoms with E-state index in [2.05, 4.69) is 39.8 Å². The largest absolute Gasteiger partial charge is 0.346 e. The highest BCUT2D eigenvalue weighted by Crippen LogP contribution is 2.30. The highest BCUT2D eigenvalue weighted by molar-refractivity contribution is 6.40. The van der Waals surface area contributed by atoms with Gasteiger partial charge in [0.05, 0.1) is 17.3 Å². The summed E-state index contributed by atoms with van der Waals surface area (Å²) < 4.78 is 0. The number of hydrogen-bond acceptors (Lipinski definition) is 4. The van der Waals surface area contributed by atoms with E-state index < -0.39 is 11.8 Å². The molecule has 162 valence electrons. The molecule has 1 saturated heterocycles. The van der Waals surface area contributed by atoms with E-state index in [1.54, 1.807) is 6.07 Å². The second kappa shape index (κ2) is 9.82. The predicted molar refractivity (Wildman–Crippen MR) is 125 cm³/mol. The third-order valence-corrected chi connectivity index (χ3v) is 6.01. The summed E-state index contributed by atoms with van der Waals surface area (Å²) in [6.07, 6.45) is 2.23. The Hall–Kier alpha value is -3.40. The molecule has 1 atom stereocenters. The molecule has 0 spiro atoms. The third kappa shape index (κ3) is 4.75. The van der Waals surface area contributed by atoms with E-state index in [-0.39, 0.29) is 17.3 Å². The Bertz CT molecular complexity index is 1190. The minimum Gasteiger partial charge on any atom is -0.346 e. The van der Waals surface area contributed by atoms with Gasteiger partial charge in [-0.1, -0.05) is 54.1 Å². The number of amides is 2. The van der Waals surface area contributed by atoms with Gasteiger partial charge in [-0.2, -0.15) is 5.26 Å². The van der Waals surface area contributed by atoms with Crippen LogP contribution in [0.25, 0.3) is 10.8 Å². The average Bonchev–Trinajstić information content (AvgIpc) is 3.34. The van der Waals surface area contributed by atoms with E-state index in [1.807, 2.05) is 24.3 Å². The van der Waals surface area contributed by atoms with Crippen LogP contribution in [0.1, 0.15) is 30.0 Å². The van der Waals surface area contributed by atoms with Gasteiger partial charge < -0.3 is 10.6 Å². The molecule has 2 N–H and O–H groups in total. The molecular formula is C25H23ClN4O2. The first-order valence-corrected chi connectivity index (χ1v) is 10.9. The fraction of sp³-hybridized carbons (Fsp3) is 0.240. The van der Waals surface area contributed by atoms with Crippen LogP contribution in [-0.4, -0.2) is 36.3 Å². The fourth-order valence-electron chi connectivity index (χ4n) is 4.20. The van der Waals surface area contributed by atoms with Gasteiger partial charge >= 0.3 is 11.8 Å². The molecule has 1 aliphatic heterocycles. The van der Waals surface area contributed by atoms with Crippen molar-refractivity contribution >= 4 is 39.9 Å². The first-order chi connectivity index (χ1) is 15.6. The molecule has 1 heterocycles. The Morgan fingerprint density at radius 1 is 1.03 bits per heavy atom. The minimum atomic E-state index is -0.832. The molecule has 0 radical (unpaired) electrons. The van der Waals surface area contributed by atoms with Crippen molar-refractivity contribution in [3.63, 3.8) is 0 Å². The van der Waals surface area contributed by atoms with Crippen molar-refractivity contribution in [1.29, 1.82) is 5.26 Å². The molecule has 2 amide bonds. The van der Waals surface area contributed by atoms with Crippen LogP contribution < -0.4 is 10.6 Å². The van der Waals surface area contributed by atoms with Crippen molar-refractivity contribution in [2.24, 2.45) is 0 Å². The first kappa shape index (κ1) is 21.8. The summed E-state index contributed by atoms with van der Waals surface area (Å²) in [5, 5.41) is 17.1. The van der Waals surface area contributed by atoms with E-state index >= 15 is 0 Å². The summed E-state index contributed by atoms with van der Waals surface area (Å²) in [6.45, 7) is 2.20. The lowest BCUT2D eigenvalue weighted by molar-refractivity contribution is -0.136. The Balaban J connectivity index is 1.51. The minimum absolute atomic E-state index is 0.0406. The number of anilines is 1. The van der Waals surface area contributed by atoms with E-state index in [4.69, 9.17) is 11.6 Å². The fourth-order valence-corrected chi connectivity index (χ4v) is 4.37. The average molecular weight is 447 g/mol. The molecule has 6 nitrogen and oxygen atoms in total. The van der Waals surface area contributed by atoms with Crippen LogP contribution in [0.4, 0.5) is 5.69 Å². The van der Waals surface area contributed by atoms with Crippen LogP contribution in [0.5, 0.6) is 0 Å². The molecular weight excluding hydrogens is 424 g/mol. The number of rotatable bonds is 5. The van der Waals surface area contributed by atoms with E-state index in [0.717, 1.165) is 42.3 Å². The van der Waals surface area contributed by atoms with Crippen molar-refractivity contribution in [1.82, 2.24) is 10.2 Å². The van der Waals surface area contributed by atoms with Gasteiger partial charge in [-0.3, -0.25) is 14.5 Å². The van der Waals surface area contributed by atoms with Gasteiger partial charge in [0.25, 0.3) is 0 Å². The van der Waals surface area contributed by atoms with Gasteiger partial charge in [0, 0.05) is 11.6 Å². The number of likely N-dealkylation sites (tertiary alicyclic amines) is 1. The van der Waals surface area contributed by atoms with Crippen LogP contribution in [0.3, 0.4) is 0 Å². The number of halogens is 1. The zero-order valence-electron chi connectivity index (χ0n) is 17.5. The maximum Gasteiger partial charge on any atom is 0.313 e. The molecule has 0 aliphatic carbocycles. The Kier molecular flexibility index (Phi) is 6.69. The first-order valence-electron chi connectivity index (χ1n) is 10.6. The summed E-state index contributed by atoms with van der Waals surface area (Å²) in [4.78, 5) is 27.4. The summed E-state index contributed by atoms with van der Waals surface area (Å²) >= 11 is 5.96. The van der Waals surface area contributed by atoms with Gasteiger partial charge in [-0.05, 0) is 60.5 Å². The standard InChI is InChI=1S/C25H23ClN4O2/c26-19-11-10-18(15-27)22(14-19)29-25(32)24(31)28-16-23(30-12-3-4-13-30)21-9-5-7-17-6-1-2-8-20(17)21/h1-2,5-11,14,23H,3-4,12-13,16H2,(H,28,31)(H,29,32). The summed E-state index contributed by atoms with van der Waals surface area (Å²) in [7, 11) is 0. The highest BCUT2D eigenvalue weighted by atomic mass is 35.5. The third-order valence-electron chi connectivity index (χ3n) is 5.78. The number of benzene rings is 3. The number of nitrogens with one attached hydrogen (secondary N) is 2. The molecule has 1 unspecified atom stereocenters. The van der Waals surface area contributed by atoms with Crippen molar-refractivity contribution in [2.45, 2.75) is 18.9 Å². The molecule has 0 bridgehead atoms. The maximum atomic E-state index is 12.6. The number of carbonyl (C=O) groups excluding carboxylic acids is 2. The van der Waals surface area contributed by atoms with Gasteiger partial charge in [0.1, 0.15) is 6.07 Å². The smallest absolute Gasteiger partial charge is 0.313 e. The molecule has 1 fully saturated rings. The van der Waals surface area contributed by atoms with Crippen LogP contribution in [-0.2, 0) is 9.59 Å². The molecule has 3 aromatic carbocycles. The van der Waals surface area contributed by atoms with Crippen LogP contribution in [0, 0.1) is 11.3 Å². The van der Waals surface area contributed by atoms with Crippen LogP contribution in [0.2, 0.25) is 5.02 Å². The van der Waals surface area contributed by atoms with Gasteiger partial charge in [0.15, 0.2) is 0 Å². The van der Waals surface area contributed by atoms with Gasteiger partial charge in [-0.25, -0.2) is 0 Å². The topological polar surface area (TPSA) is 85.2 Å². The molecule has 1 aliphatic rings. The normalized spacial score (nSPS) is 14.6. The SMILES string of the molecule is N#Cc1ccc(Cl)cc1NC(=O)C(=O)NCC(c1cccc2ccccc12)N1CCCC1. The second-order valence-corrected chi connectivity index (χ2v) is 8.23. The molecule has 0 aromatic heterocycles. The number of fused-ring (bicyclic) bond motifs is 1. The zero-order chi connectivity index (χ0) is 22.5. The van der Waals surface area contributed by atoms with Crippen molar-refractivity contribution in [2.75, 3.05) is 25.0 Å². The number of hydrogen-bond donors (Lipinski definition) is 2. The van der Waals surface area contributed by atoms with Gasteiger partial charge in [0.2, 0.25) is 0 Å². The molecule has 3 aromatic rings.